The van der Waals surface area contributed by atoms with Crippen molar-refractivity contribution in [3.8, 4) is 11.5 Å². The molecular weight excluding hydrogens is 906 g/mol. The maximum absolute atomic E-state index is 14.5. The Morgan fingerprint density at radius 2 is 0.833 bits per heavy atom. The van der Waals surface area contributed by atoms with E-state index < -0.39 is 11.6 Å². The van der Waals surface area contributed by atoms with Crippen LogP contribution >= 0.6 is 46.4 Å². The lowest BCUT2D eigenvalue weighted by Crippen LogP contribution is -2.25. The van der Waals surface area contributed by atoms with Gasteiger partial charge in [0.1, 0.15) is 11.5 Å². The molecule has 0 aliphatic carbocycles. The van der Waals surface area contributed by atoms with Gasteiger partial charge in [0, 0.05) is 43.1 Å². The van der Waals surface area contributed by atoms with E-state index in [2.05, 4.69) is 86.0 Å². The maximum atomic E-state index is 14.5. The first kappa shape index (κ1) is 50.8. The monoisotopic (exact) mass is 968 g/mol. The van der Waals surface area contributed by atoms with Crippen LogP contribution in [0.25, 0.3) is 11.1 Å². The summed E-state index contributed by atoms with van der Waals surface area (Å²) in [5.41, 5.74) is 6.15. The molecule has 0 radical (unpaired) electrons. The van der Waals surface area contributed by atoms with Crippen molar-refractivity contribution >= 4 is 74.9 Å². The van der Waals surface area contributed by atoms with Gasteiger partial charge in [0.25, 0.3) is 0 Å². The molecule has 0 unspecified atom stereocenters. The van der Waals surface area contributed by atoms with Crippen LogP contribution < -0.4 is 19.3 Å². The summed E-state index contributed by atoms with van der Waals surface area (Å²) in [4.78, 5) is 19.4. The fourth-order valence-corrected chi connectivity index (χ4v) is 9.50. The number of carbonyl (C=O) groups excluding carboxylic acids is 1. The highest BCUT2D eigenvalue weighted by atomic mass is 35.5. The molecule has 10 heteroatoms. The average molecular weight is 971 g/mol. The molecule has 0 aromatic heterocycles. The Balaban J connectivity index is 1.66. The van der Waals surface area contributed by atoms with Crippen molar-refractivity contribution in [2.75, 3.05) is 49.2 Å². The number of carbonyl (C=O) groups is 1. The zero-order chi connectivity index (χ0) is 47.2. The topological polar surface area (TPSA) is 51.2 Å². The Bertz CT molecular complexity index is 2290. The molecule has 0 spiro atoms. The quantitative estimate of drug-likeness (QED) is 0.0349. The number of halogens is 4. The van der Waals surface area contributed by atoms with Gasteiger partial charge in [-0.3, -0.25) is 0 Å². The minimum atomic E-state index is -1.65. The largest absolute Gasteiger partial charge is 0.494 e. The molecular formula is C56H64Cl4N2O4. The minimum Gasteiger partial charge on any atom is -0.494 e. The van der Waals surface area contributed by atoms with Gasteiger partial charge in [0.2, 0.25) is 0 Å². The van der Waals surface area contributed by atoms with E-state index >= 15 is 0 Å². The normalized spacial score (nSPS) is 14.8. The molecule has 0 amide bonds. The van der Waals surface area contributed by atoms with Gasteiger partial charge in [0.05, 0.1) is 38.9 Å². The molecule has 6 nitrogen and oxygen atoms in total. The van der Waals surface area contributed by atoms with Crippen LogP contribution in [0.3, 0.4) is 0 Å². The molecule has 66 heavy (non-hydrogen) atoms. The standard InChI is InChI=1S/C56H64Cl4N2O4/c1-7-13-33-61(34-14-8-2)43-25-17-39(18-26-43)47(41-21-29-45(30-22-41)64-11-5)37-56(50-49(55(63)66-56)51(57)53(59)54(60)52(50)58)38-48(42-23-31-46(32-24-42)65-12-6)40-19-27-44(28-20-40)62(35-15-9-3)36-16-10-4/h17-32,37-38H,7-16,33-36H2,1-6H3. The van der Waals surface area contributed by atoms with Crippen molar-refractivity contribution in [1.82, 2.24) is 0 Å². The molecule has 0 bridgehead atoms. The van der Waals surface area contributed by atoms with Gasteiger partial charge in [-0.15, -0.1) is 0 Å². The van der Waals surface area contributed by atoms with E-state index in [-0.39, 0.29) is 25.7 Å². The Morgan fingerprint density at radius 1 is 0.500 bits per heavy atom. The Morgan fingerprint density at radius 3 is 1.17 bits per heavy atom. The Kier molecular flexibility index (Phi) is 18.8. The van der Waals surface area contributed by atoms with Gasteiger partial charge in [-0.2, -0.15) is 0 Å². The van der Waals surface area contributed by atoms with Crippen LogP contribution in [0.15, 0.2) is 109 Å². The molecule has 1 aliphatic heterocycles. The first-order valence-electron chi connectivity index (χ1n) is 23.7. The first-order chi connectivity index (χ1) is 32.0. The van der Waals surface area contributed by atoms with Crippen LogP contribution in [-0.4, -0.2) is 45.4 Å². The van der Waals surface area contributed by atoms with E-state index in [9.17, 15) is 4.79 Å². The summed E-state index contributed by atoms with van der Waals surface area (Å²) < 4.78 is 18.5. The summed E-state index contributed by atoms with van der Waals surface area (Å²) in [6.07, 6.45) is 12.8. The number of nitrogens with zero attached hydrogens (tertiary/aromatic N) is 2. The second-order valence-corrected chi connectivity index (χ2v) is 18.2. The van der Waals surface area contributed by atoms with Crippen molar-refractivity contribution in [3.63, 3.8) is 0 Å². The number of unbranched alkanes of at least 4 members (excludes halogenated alkanes) is 4. The fourth-order valence-electron chi connectivity index (χ4n) is 8.42. The Hall–Kier alpha value is -4.59. The summed E-state index contributed by atoms with van der Waals surface area (Å²) >= 11 is 27.9. The van der Waals surface area contributed by atoms with Crippen LogP contribution in [0.5, 0.6) is 11.5 Å². The van der Waals surface area contributed by atoms with Crippen molar-refractivity contribution < 1.29 is 19.0 Å². The molecule has 1 heterocycles. The summed E-state index contributed by atoms with van der Waals surface area (Å²) in [7, 11) is 0. The molecule has 0 N–H and O–H groups in total. The van der Waals surface area contributed by atoms with Crippen molar-refractivity contribution in [2.45, 2.75) is 98.5 Å². The smallest absolute Gasteiger partial charge is 0.341 e. The number of rotatable bonds is 24. The lowest BCUT2D eigenvalue weighted by atomic mass is 9.83. The summed E-state index contributed by atoms with van der Waals surface area (Å²) in [6, 6.07) is 33.1. The van der Waals surface area contributed by atoms with E-state index in [1.165, 1.54) is 0 Å². The third-order valence-electron chi connectivity index (χ3n) is 12.0. The number of hydrogen-bond acceptors (Lipinski definition) is 6. The van der Waals surface area contributed by atoms with Gasteiger partial charge in [-0.1, -0.05) is 148 Å². The number of cyclic esters (lactones) is 1. The van der Waals surface area contributed by atoms with E-state index in [1.54, 1.807) is 0 Å². The highest BCUT2D eigenvalue weighted by Crippen LogP contribution is 2.53. The maximum Gasteiger partial charge on any atom is 0.341 e. The molecule has 5 aromatic carbocycles. The minimum absolute atomic E-state index is 0.0150. The van der Waals surface area contributed by atoms with E-state index in [0.29, 0.717) is 18.8 Å². The van der Waals surface area contributed by atoms with E-state index in [1.807, 2.05) is 74.5 Å². The highest BCUT2D eigenvalue weighted by Gasteiger charge is 2.48. The molecule has 5 aromatic rings. The SMILES string of the molecule is CCCCN(CCCC)c1ccc(C(=CC2(C=C(c3ccc(OCC)cc3)c3ccc(N(CCCC)CCCC)cc3)OC(=O)c3c(Cl)c(Cl)c(Cl)c(Cl)c32)c2ccc(OCC)cc2)cc1. The highest BCUT2D eigenvalue weighted by molar-refractivity contribution is 6.53. The third-order valence-corrected chi connectivity index (χ3v) is 13.8. The number of anilines is 2. The van der Waals surface area contributed by atoms with Gasteiger partial charge in [-0.25, -0.2) is 4.79 Å². The molecule has 350 valence electrons. The second-order valence-electron chi connectivity index (χ2n) is 16.7. The molecule has 0 saturated heterocycles. The summed E-state index contributed by atoms with van der Waals surface area (Å²) in [6.45, 7) is 17.8. The van der Waals surface area contributed by atoms with Crippen molar-refractivity contribution in [1.29, 1.82) is 0 Å². The number of ether oxygens (including phenoxy) is 3. The van der Waals surface area contributed by atoms with E-state index in [4.69, 9.17) is 60.6 Å². The second kappa shape index (κ2) is 24.4. The molecule has 0 atom stereocenters. The van der Waals surface area contributed by atoms with Crippen LogP contribution in [0.2, 0.25) is 20.1 Å². The molecule has 1 aliphatic rings. The van der Waals surface area contributed by atoms with Crippen molar-refractivity contribution in [2.24, 2.45) is 0 Å². The van der Waals surface area contributed by atoms with Gasteiger partial charge < -0.3 is 24.0 Å². The number of benzene rings is 5. The lowest BCUT2D eigenvalue weighted by Gasteiger charge is -2.28. The molecule has 0 saturated carbocycles. The van der Waals surface area contributed by atoms with Crippen LogP contribution in [0.1, 0.15) is 131 Å². The lowest BCUT2D eigenvalue weighted by molar-refractivity contribution is 0.0300. The zero-order valence-corrected chi connectivity index (χ0v) is 42.4. The number of hydrogen-bond donors (Lipinski definition) is 0. The fraction of sp³-hybridized carbons (Fsp3) is 0.375. The first-order valence-corrected chi connectivity index (χ1v) is 25.3. The van der Waals surface area contributed by atoms with Crippen LogP contribution in [0.4, 0.5) is 11.4 Å². The number of esters is 1. The molecule has 6 rings (SSSR count). The molecule has 0 fully saturated rings. The van der Waals surface area contributed by atoms with Gasteiger partial charge >= 0.3 is 5.97 Å². The van der Waals surface area contributed by atoms with Crippen molar-refractivity contribution in [3.05, 3.63) is 163 Å². The zero-order valence-electron chi connectivity index (χ0n) is 39.3. The Labute approximate surface area is 413 Å². The predicted molar refractivity (Wildman–Crippen MR) is 280 cm³/mol. The van der Waals surface area contributed by atoms with Crippen LogP contribution in [0, 0.1) is 0 Å². The average Bonchev–Trinajstić information content (AvgIpc) is 3.63. The van der Waals surface area contributed by atoms with Crippen LogP contribution in [-0.2, 0) is 10.3 Å². The number of fused-ring (bicyclic) bond motifs is 1. The predicted octanol–water partition coefficient (Wildman–Crippen LogP) is 16.5. The third kappa shape index (κ3) is 11.9. The van der Waals surface area contributed by atoms with Gasteiger partial charge in [0.15, 0.2) is 5.60 Å². The van der Waals surface area contributed by atoms with Gasteiger partial charge in [-0.05, 0) is 134 Å². The van der Waals surface area contributed by atoms with E-state index in [0.717, 1.165) is 134 Å². The summed E-state index contributed by atoms with van der Waals surface area (Å²) in [5.74, 6) is 0.813. The summed E-state index contributed by atoms with van der Waals surface area (Å²) in [5, 5.41) is 0.0715.